The fourth-order valence-corrected chi connectivity index (χ4v) is 1.09. The second-order valence-corrected chi connectivity index (χ2v) is 2.93. The Balaban J connectivity index is 3.13. The Morgan fingerprint density at radius 3 is 2.64 bits per heavy atom. The van der Waals surface area contributed by atoms with Gasteiger partial charge in [-0.2, -0.15) is 0 Å². The summed E-state index contributed by atoms with van der Waals surface area (Å²) < 4.78 is 0. The number of hydrogen-bond donors (Lipinski definition) is 3. The van der Waals surface area contributed by atoms with Crippen molar-refractivity contribution < 1.29 is 20.1 Å². The van der Waals surface area contributed by atoms with Crippen molar-refractivity contribution in [3.8, 4) is 0 Å². The molecule has 2 atom stereocenters. The van der Waals surface area contributed by atoms with Crippen LogP contribution in [-0.4, -0.2) is 32.4 Å². The van der Waals surface area contributed by atoms with E-state index in [-0.39, 0.29) is 11.3 Å². The van der Waals surface area contributed by atoms with Crippen molar-refractivity contribution in [2.75, 3.05) is 0 Å². The normalized spacial score (nSPS) is 14.8. The SMILES string of the molecule is CC(O)C(O)c1cccnc1C(=O)O. The number of carboxylic acid groups (broad SMARTS) is 1. The highest BCUT2D eigenvalue weighted by Gasteiger charge is 2.21. The second kappa shape index (κ2) is 4.17. The molecule has 1 rings (SSSR count). The Kier molecular flexibility index (Phi) is 3.16. The molecule has 1 aromatic heterocycles. The van der Waals surface area contributed by atoms with Gasteiger partial charge in [-0.25, -0.2) is 9.78 Å². The van der Waals surface area contributed by atoms with E-state index >= 15 is 0 Å². The standard InChI is InChI=1S/C9H11NO4/c1-5(11)8(12)6-3-2-4-10-7(6)9(13)14/h2-5,8,11-12H,1H3,(H,13,14). The average Bonchev–Trinajstić information content (AvgIpc) is 2.16. The van der Waals surface area contributed by atoms with Gasteiger partial charge in [0.15, 0.2) is 5.69 Å². The third kappa shape index (κ3) is 2.07. The van der Waals surface area contributed by atoms with Gasteiger partial charge in [-0.1, -0.05) is 6.07 Å². The summed E-state index contributed by atoms with van der Waals surface area (Å²) in [6, 6.07) is 2.93. The van der Waals surface area contributed by atoms with Crippen LogP contribution in [0.2, 0.25) is 0 Å². The van der Waals surface area contributed by atoms with Gasteiger partial charge in [0.05, 0.1) is 6.10 Å². The molecule has 0 bridgehead atoms. The van der Waals surface area contributed by atoms with E-state index in [1.165, 1.54) is 25.3 Å². The van der Waals surface area contributed by atoms with Gasteiger partial charge in [-0.05, 0) is 13.0 Å². The molecule has 0 spiro atoms. The van der Waals surface area contributed by atoms with E-state index in [4.69, 9.17) is 10.2 Å². The molecule has 3 N–H and O–H groups in total. The van der Waals surface area contributed by atoms with Crippen LogP contribution >= 0.6 is 0 Å². The van der Waals surface area contributed by atoms with Gasteiger partial charge < -0.3 is 15.3 Å². The summed E-state index contributed by atoms with van der Waals surface area (Å²) in [7, 11) is 0. The van der Waals surface area contributed by atoms with E-state index in [1.807, 2.05) is 0 Å². The number of nitrogens with zero attached hydrogens (tertiary/aromatic N) is 1. The summed E-state index contributed by atoms with van der Waals surface area (Å²) in [4.78, 5) is 14.3. The van der Waals surface area contributed by atoms with Crippen LogP contribution in [0, 0.1) is 0 Å². The number of aromatic carboxylic acids is 1. The maximum atomic E-state index is 10.7. The lowest BCUT2D eigenvalue weighted by atomic mass is 10.0. The molecule has 0 aromatic carbocycles. The number of aliphatic hydroxyl groups is 2. The molecule has 0 aliphatic heterocycles. The van der Waals surface area contributed by atoms with Crippen LogP contribution in [0.25, 0.3) is 0 Å². The summed E-state index contributed by atoms with van der Waals surface area (Å²) in [6.45, 7) is 1.38. The molecule has 5 heteroatoms. The maximum Gasteiger partial charge on any atom is 0.354 e. The van der Waals surface area contributed by atoms with Crippen molar-refractivity contribution in [3.05, 3.63) is 29.6 Å². The summed E-state index contributed by atoms with van der Waals surface area (Å²) in [5, 5.41) is 27.3. The average molecular weight is 197 g/mol. The highest BCUT2D eigenvalue weighted by molar-refractivity contribution is 5.87. The molecule has 0 saturated heterocycles. The number of carboxylic acids is 1. The Morgan fingerprint density at radius 2 is 2.14 bits per heavy atom. The second-order valence-electron chi connectivity index (χ2n) is 2.93. The minimum Gasteiger partial charge on any atom is -0.477 e. The van der Waals surface area contributed by atoms with E-state index in [0.717, 1.165) is 0 Å². The Morgan fingerprint density at radius 1 is 1.50 bits per heavy atom. The highest BCUT2D eigenvalue weighted by atomic mass is 16.4. The van der Waals surface area contributed by atoms with Gasteiger partial charge in [0.25, 0.3) is 0 Å². The predicted molar refractivity (Wildman–Crippen MR) is 47.8 cm³/mol. The Labute approximate surface area is 80.7 Å². The molecule has 0 aliphatic carbocycles. The summed E-state index contributed by atoms with van der Waals surface area (Å²) in [5.74, 6) is -1.22. The topological polar surface area (TPSA) is 90.7 Å². The van der Waals surface area contributed by atoms with E-state index < -0.39 is 18.2 Å². The van der Waals surface area contributed by atoms with Gasteiger partial charge in [0, 0.05) is 11.8 Å². The number of carbonyl (C=O) groups is 1. The van der Waals surface area contributed by atoms with Crippen LogP contribution < -0.4 is 0 Å². The molecule has 0 fully saturated rings. The Hall–Kier alpha value is -1.46. The van der Waals surface area contributed by atoms with Crippen LogP contribution in [-0.2, 0) is 0 Å². The van der Waals surface area contributed by atoms with E-state index in [9.17, 15) is 9.90 Å². The largest absolute Gasteiger partial charge is 0.477 e. The fraction of sp³-hybridized carbons (Fsp3) is 0.333. The van der Waals surface area contributed by atoms with Crippen molar-refractivity contribution in [2.45, 2.75) is 19.1 Å². The van der Waals surface area contributed by atoms with Gasteiger partial charge in [0.1, 0.15) is 6.10 Å². The molecule has 0 aliphatic rings. The summed E-state index contributed by atoms with van der Waals surface area (Å²) in [6.07, 6.45) is -0.936. The van der Waals surface area contributed by atoms with Crippen LogP contribution in [0.3, 0.4) is 0 Å². The third-order valence-electron chi connectivity index (χ3n) is 1.82. The molecule has 0 saturated carbocycles. The molecule has 14 heavy (non-hydrogen) atoms. The molecule has 0 radical (unpaired) electrons. The van der Waals surface area contributed by atoms with Crippen LogP contribution in [0.5, 0.6) is 0 Å². The van der Waals surface area contributed by atoms with Crippen LogP contribution in [0.15, 0.2) is 18.3 Å². The monoisotopic (exact) mass is 197 g/mol. The molecule has 2 unspecified atom stereocenters. The lowest BCUT2D eigenvalue weighted by Crippen LogP contribution is -2.18. The van der Waals surface area contributed by atoms with Crippen molar-refractivity contribution in [1.82, 2.24) is 4.98 Å². The number of rotatable bonds is 3. The van der Waals surface area contributed by atoms with Gasteiger partial charge in [-0.3, -0.25) is 0 Å². The predicted octanol–water partition coefficient (Wildman–Crippen LogP) is 0.194. The van der Waals surface area contributed by atoms with Crippen molar-refractivity contribution in [2.24, 2.45) is 0 Å². The van der Waals surface area contributed by atoms with E-state index in [1.54, 1.807) is 0 Å². The smallest absolute Gasteiger partial charge is 0.354 e. The lowest BCUT2D eigenvalue weighted by Gasteiger charge is -2.14. The Bertz CT molecular complexity index is 337. The number of aliphatic hydroxyl groups excluding tert-OH is 2. The molecule has 5 nitrogen and oxygen atoms in total. The first-order valence-electron chi connectivity index (χ1n) is 4.08. The first kappa shape index (κ1) is 10.6. The van der Waals surface area contributed by atoms with E-state index in [0.29, 0.717) is 0 Å². The highest BCUT2D eigenvalue weighted by Crippen LogP contribution is 2.19. The van der Waals surface area contributed by atoms with Crippen molar-refractivity contribution in [3.63, 3.8) is 0 Å². The van der Waals surface area contributed by atoms with Crippen LogP contribution in [0.1, 0.15) is 29.1 Å². The molecule has 76 valence electrons. The first-order valence-corrected chi connectivity index (χ1v) is 4.08. The third-order valence-corrected chi connectivity index (χ3v) is 1.82. The zero-order chi connectivity index (χ0) is 10.7. The molecule has 0 amide bonds. The summed E-state index contributed by atoms with van der Waals surface area (Å²) >= 11 is 0. The number of aromatic nitrogens is 1. The van der Waals surface area contributed by atoms with Crippen molar-refractivity contribution >= 4 is 5.97 Å². The van der Waals surface area contributed by atoms with Crippen LogP contribution in [0.4, 0.5) is 0 Å². The van der Waals surface area contributed by atoms with E-state index in [2.05, 4.69) is 4.98 Å². The fourth-order valence-electron chi connectivity index (χ4n) is 1.09. The summed E-state index contributed by atoms with van der Waals surface area (Å²) in [5.41, 5.74) is -0.115. The minimum atomic E-state index is -1.23. The number of pyridine rings is 1. The van der Waals surface area contributed by atoms with Gasteiger partial charge in [0.2, 0.25) is 0 Å². The van der Waals surface area contributed by atoms with Gasteiger partial charge >= 0.3 is 5.97 Å². The van der Waals surface area contributed by atoms with Crippen molar-refractivity contribution in [1.29, 1.82) is 0 Å². The lowest BCUT2D eigenvalue weighted by molar-refractivity contribution is 0.0288. The minimum absolute atomic E-state index is 0.120. The quantitative estimate of drug-likeness (QED) is 0.643. The maximum absolute atomic E-state index is 10.7. The first-order chi connectivity index (χ1) is 6.54. The molecular weight excluding hydrogens is 186 g/mol. The van der Waals surface area contributed by atoms with Gasteiger partial charge in [-0.15, -0.1) is 0 Å². The number of hydrogen-bond acceptors (Lipinski definition) is 4. The molecular formula is C9H11NO4. The molecule has 1 heterocycles. The zero-order valence-corrected chi connectivity index (χ0v) is 7.58. The zero-order valence-electron chi connectivity index (χ0n) is 7.58. The molecule has 1 aromatic rings.